The number of carbonyl (C=O) groups excluding carboxylic acids is 2. The summed E-state index contributed by atoms with van der Waals surface area (Å²) in [5.74, 6) is 0.364. The summed E-state index contributed by atoms with van der Waals surface area (Å²) in [5.41, 5.74) is 2.45. The Hall–Kier alpha value is -3.11. The largest absolute Gasteiger partial charge is 0.491 e. The number of amides is 2. The lowest BCUT2D eigenvalue weighted by Gasteiger charge is -2.37. The number of aliphatic hydroxyl groups is 1. The van der Waals surface area contributed by atoms with Crippen LogP contribution in [-0.2, 0) is 9.59 Å². The van der Waals surface area contributed by atoms with Gasteiger partial charge in [-0.2, -0.15) is 0 Å². The lowest BCUT2D eigenvalue weighted by atomic mass is 10.1. The van der Waals surface area contributed by atoms with Crippen LogP contribution in [0.15, 0.2) is 49.0 Å². The molecule has 188 valence electrons. The van der Waals surface area contributed by atoms with Crippen molar-refractivity contribution in [1.82, 2.24) is 14.8 Å². The topological polar surface area (TPSA) is 86.2 Å². The normalized spacial score (nSPS) is 20.3. The molecule has 2 fully saturated rings. The molecule has 0 bridgehead atoms. The molecule has 2 aromatic carbocycles. The third-order valence-electron chi connectivity index (χ3n) is 6.73. The van der Waals surface area contributed by atoms with Crippen LogP contribution in [0.4, 0.5) is 5.69 Å². The highest BCUT2D eigenvalue weighted by atomic mass is 32.1. The van der Waals surface area contributed by atoms with Crippen molar-refractivity contribution in [3.05, 3.63) is 59.6 Å². The first kappa shape index (κ1) is 24.6. The van der Waals surface area contributed by atoms with E-state index in [1.165, 1.54) is 4.90 Å². The molecule has 9 heteroatoms. The number of nitrogens with zero attached hydrogens (tertiary/aromatic N) is 4. The van der Waals surface area contributed by atoms with E-state index in [9.17, 15) is 14.7 Å². The number of anilines is 1. The third kappa shape index (κ3) is 5.19. The van der Waals surface area contributed by atoms with E-state index >= 15 is 0 Å². The summed E-state index contributed by atoms with van der Waals surface area (Å²) in [4.78, 5) is 35.8. The fraction of sp³-hybridized carbons (Fsp3) is 0.370. The van der Waals surface area contributed by atoms with E-state index in [1.54, 1.807) is 29.5 Å². The molecule has 1 aromatic heterocycles. The smallest absolute Gasteiger partial charge is 0.251 e. The van der Waals surface area contributed by atoms with Crippen molar-refractivity contribution in [1.29, 1.82) is 0 Å². The zero-order valence-corrected chi connectivity index (χ0v) is 21.1. The Kier molecular flexibility index (Phi) is 7.15. The Morgan fingerprint density at radius 1 is 1.17 bits per heavy atom. The van der Waals surface area contributed by atoms with E-state index in [0.717, 1.165) is 20.8 Å². The average Bonchev–Trinajstić information content (AvgIpc) is 3.40. The number of carbonyl (C=O) groups is 2. The summed E-state index contributed by atoms with van der Waals surface area (Å²) in [6, 6.07) is 12.6. The molecule has 2 aliphatic heterocycles. The minimum atomic E-state index is -0.631. The zero-order chi connectivity index (χ0) is 25.2. The van der Waals surface area contributed by atoms with Crippen LogP contribution in [0.1, 0.15) is 17.0 Å². The number of rotatable bonds is 8. The Labute approximate surface area is 214 Å². The molecule has 2 saturated heterocycles. The maximum atomic E-state index is 13.1. The van der Waals surface area contributed by atoms with Crippen molar-refractivity contribution < 1.29 is 19.4 Å². The highest BCUT2D eigenvalue weighted by Gasteiger charge is 2.43. The first-order valence-electron chi connectivity index (χ1n) is 12.1. The van der Waals surface area contributed by atoms with Crippen LogP contribution in [0.3, 0.4) is 0 Å². The number of benzene rings is 2. The lowest BCUT2D eigenvalue weighted by Crippen LogP contribution is -2.54. The molecular formula is C27H30N4O4S. The van der Waals surface area contributed by atoms with E-state index in [4.69, 9.17) is 4.74 Å². The van der Waals surface area contributed by atoms with Gasteiger partial charge >= 0.3 is 0 Å². The number of hydrogen-bond donors (Lipinski definition) is 1. The monoisotopic (exact) mass is 506 g/mol. The molecule has 3 heterocycles. The van der Waals surface area contributed by atoms with Gasteiger partial charge in [-0.05, 0) is 36.8 Å². The van der Waals surface area contributed by atoms with Gasteiger partial charge in [0.25, 0.3) is 5.91 Å². The van der Waals surface area contributed by atoms with Crippen molar-refractivity contribution in [2.45, 2.75) is 25.5 Å². The Balaban J connectivity index is 1.10. The number of imide groups is 1. The van der Waals surface area contributed by atoms with Gasteiger partial charge in [0.2, 0.25) is 5.91 Å². The Bertz CT molecular complexity index is 1270. The van der Waals surface area contributed by atoms with Gasteiger partial charge in [-0.25, -0.2) is 9.88 Å². The van der Waals surface area contributed by atoms with Gasteiger partial charge in [0.05, 0.1) is 33.4 Å². The zero-order valence-electron chi connectivity index (χ0n) is 20.3. The van der Waals surface area contributed by atoms with Crippen LogP contribution in [-0.4, -0.2) is 83.2 Å². The number of aliphatic hydroxyl groups excluding tert-OH is 1. The summed E-state index contributed by atoms with van der Waals surface area (Å²) >= 11 is 1.65. The van der Waals surface area contributed by atoms with E-state index in [0.29, 0.717) is 44.2 Å². The van der Waals surface area contributed by atoms with Crippen LogP contribution in [0.25, 0.3) is 16.3 Å². The third-order valence-corrected chi connectivity index (χ3v) is 7.69. The number of aryl methyl sites for hydroxylation is 1. The van der Waals surface area contributed by atoms with Crippen LogP contribution < -0.4 is 9.64 Å². The second-order valence-corrected chi connectivity index (χ2v) is 10.5. The predicted molar refractivity (Wildman–Crippen MR) is 141 cm³/mol. The molecule has 3 aromatic rings. The molecule has 0 radical (unpaired) electrons. The van der Waals surface area contributed by atoms with E-state index < -0.39 is 12.1 Å². The first-order chi connectivity index (χ1) is 17.4. The maximum Gasteiger partial charge on any atom is 0.251 e. The van der Waals surface area contributed by atoms with Crippen molar-refractivity contribution in [3.63, 3.8) is 0 Å². The number of thiazole rings is 1. The molecule has 1 unspecified atom stereocenters. The van der Waals surface area contributed by atoms with E-state index in [2.05, 4.69) is 21.4 Å². The summed E-state index contributed by atoms with van der Waals surface area (Å²) < 4.78 is 6.93. The van der Waals surface area contributed by atoms with Crippen molar-refractivity contribution >= 4 is 45.1 Å². The molecule has 1 N–H and O–H groups in total. The lowest BCUT2D eigenvalue weighted by molar-refractivity contribution is -0.123. The number of ether oxygens (including phenoxy) is 1. The van der Waals surface area contributed by atoms with Crippen molar-refractivity contribution in [3.8, 4) is 5.75 Å². The van der Waals surface area contributed by atoms with Crippen molar-refractivity contribution in [2.24, 2.45) is 0 Å². The summed E-state index contributed by atoms with van der Waals surface area (Å²) in [7, 11) is 0. The highest BCUT2D eigenvalue weighted by molar-refractivity contribution is 7.18. The van der Waals surface area contributed by atoms with Crippen LogP contribution in [0, 0.1) is 6.92 Å². The molecule has 0 saturated carbocycles. The number of hydrogen-bond acceptors (Lipinski definition) is 8. The molecule has 0 aliphatic carbocycles. The van der Waals surface area contributed by atoms with Crippen LogP contribution >= 0.6 is 11.3 Å². The van der Waals surface area contributed by atoms with E-state index in [-0.39, 0.29) is 24.8 Å². The van der Waals surface area contributed by atoms with Crippen molar-refractivity contribution in [2.75, 3.05) is 44.2 Å². The number of aromatic nitrogens is 1. The average molecular weight is 507 g/mol. The van der Waals surface area contributed by atoms with Gasteiger partial charge < -0.3 is 9.84 Å². The molecular weight excluding hydrogens is 476 g/mol. The molecule has 2 amide bonds. The van der Waals surface area contributed by atoms with Crippen LogP contribution in [0.5, 0.6) is 5.75 Å². The van der Waals surface area contributed by atoms with Gasteiger partial charge in [0, 0.05) is 38.8 Å². The van der Waals surface area contributed by atoms with Gasteiger partial charge in [-0.3, -0.25) is 19.4 Å². The molecule has 2 atom stereocenters. The standard InChI is InChI=1S/C27H30N4O4S/c1-3-19-4-6-20(7-5-19)31-26(33)15-24(27(31)34)30-12-10-29(11-13-30)16-21(32)17-35-22-8-9-25-23(14-22)28-18(2)36-25/h3-9,14,21,24,32H,1,10-13,15-17H2,2H3/t21-,24?/m1/s1. The fourth-order valence-corrected chi connectivity index (χ4v) is 5.65. The minimum absolute atomic E-state index is 0.166. The molecule has 36 heavy (non-hydrogen) atoms. The molecule has 2 aliphatic rings. The SMILES string of the molecule is C=Cc1ccc(N2C(=O)CC(N3CCN(C[C@@H](O)COc4ccc5sc(C)nc5c4)CC3)C2=O)cc1. The first-order valence-corrected chi connectivity index (χ1v) is 13.0. The number of fused-ring (bicyclic) bond motifs is 1. The van der Waals surface area contributed by atoms with Gasteiger partial charge in [-0.1, -0.05) is 24.8 Å². The van der Waals surface area contributed by atoms with E-state index in [1.807, 2.05) is 37.3 Å². The fourth-order valence-electron chi connectivity index (χ4n) is 4.84. The predicted octanol–water partition coefficient (Wildman–Crippen LogP) is 2.94. The second-order valence-electron chi connectivity index (χ2n) is 9.25. The summed E-state index contributed by atoms with van der Waals surface area (Å²) in [6.45, 7) is 9.17. The quantitative estimate of drug-likeness (QED) is 0.470. The summed E-state index contributed by atoms with van der Waals surface area (Å²) in [6.07, 6.45) is 1.29. The number of β-amino-alcohol motifs (C(OH)–C–C–N with tert-alkyl or cyclic N) is 1. The highest BCUT2D eigenvalue weighted by Crippen LogP contribution is 2.27. The van der Waals surface area contributed by atoms with Gasteiger partial charge in [-0.15, -0.1) is 11.3 Å². The van der Waals surface area contributed by atoms with Crippen LogP contribution in [0.2, 0.25) is 0 Å². The summed E-state index contributed by atoms with van der Waals surface area (Å²) in [5, 5.41) is 11.5. The Morgan fingerprint density at radius 2 is 1.92 bits per heavy atom. The minimum Gasteiger partial charge on any atom is -0.491 e. The van der Waals surface area contributed by atoms with Gasteiger partial charge in [0.1, 0.15) is 18.5 Å². The van der Waals surface area contributed by atoms with Gasteiger partial charge in [0.15, 0.2) is 0 Å². The second kappa shape index (κ2) is 10.5. The maximum absolute atomic E-state index is 13.1. The molecule has 5 rings (SSSR count). The molecule has 8 nitrogen and oxygen atoms in total. The number of piperazine rings is 1. The Morgan fingerprint density at radius 3 is 2.64 bits per heavy atom. The molecule has 0 spiro atoms.